The van der Waals surface area contributed by atoms with E-state index in [0.717, 1.165) is 17.1 Å². The number of aliphatic carboxylic acids is 1. The molecule has 1 saturated heterocycles. The molecule has 0 radical (unpaired) electrons. The lowest BCUT2D eigenvalue weighted by molar-refractivity contribution is -0.138. The molecule has 2 unspecified atom stereocenters. The Hall–Kier alpha value is -4.71. The Labute approximate surface area is 222 Å². The maximum atomic E-state index is 14.0. The van der Waals surface area contributed by atoms with Crippen LogP contribution in [0.2, 0.25) is 0 Å². The molecule has 12 heteroatoms. The van der Waals surface area contributed by atoms with Crippen molar-refractivity contribution in [1.82, 2.24) is 15.7 Å². The third-order valence-electron chi connectivity index (χ3n) is 6.26. The van der Waals surface area contributed by atoms with Crippen LogP contribution in [0.3, 0.4) is 0 Å². The second-order valence-electron chi connectivity index (χ2n) is 8.92. The Kier molecular flexibility index (Phi) is 8.56. The molecule has 1 aromatic heterocycles. The molecule has 1 aliphatic heterocycles. The van der Waals surface area contributed by atoms with Gasteiger partial charge in [0.05, 0.1) is 24.1 Å². The van der Waals surface area contributed by atoms with Gasteiger partial charge in [-0.1, -0.05) is 18.2 Å². The van der Waals surface area contributed by atoms with Gasteiger partial charge in [0, 0.05) is 49.2 Å². The third-order valence-corrected chi connectivity index (χ3v) is 6.26. The first-order valence-electron chi connectivity index (χ1n) is 12.0. The predicted octanol–water partition coefficient (Wildman–Crippen LogP) is 2.71. The summed E-state index contributed by atoms with van der Waals surface area (Å²) in [5.41, 5.74) is 4.22. The number of rotatable bonds is 11. The van der Waals surface area contributed by atoms with Crippen LogP contribution >= 0.6 is 0 Å². The van der Waals surface area contributed by atoms with Gasteiger partial charge >= 0.3 is 5.97 Å². The van der Waals surface area contributed by atoms with Gasteiger partial charge in [0.2, 0.25) is 18.2 Å². The van der Waals surface area contributed by atoms with Crippen molar-refractivity contribution in [2.45, 2.75) is 25.4 Å². The maximum absolute atomic E-state index is 14.0. The van der Waals surface area contributed by atoms with Crippen molar-refractivity contribution in [1.29, 1.82) is 0 Å². The van der Waals surface area contributed by atoms with Crippen LogP contribution in [0.5, 0.6) is 0 Å². The van der Waals surface area contributed by atoms with Crippen LogP contribution in [0.1, 0.15) is 30.0 Å². The lowest BCUT2D eigenvalue weighted by Crippen LogP contribution is -2.37. The van der Waals surface area contributed by atoms with Crippen molar-refractivity contribution in [3.05, 3.63) is 89.8 Å². The van der Waals surface area contributed by atoms with Gasteiger partial charge in [-0.2, -0.15) is 0 Å². The molecule has 202 valence electrons. The molecule has 2 aromatic carbocycles. The fraction of sp³-hybridized carbons (Fsp3) is 0.222. The number of hydrazine groups is 1. The van der Waals surface area contributed by atoms with E-state index in [-0.39, 0.29) is 37.4 Å². The summed E-state index contributed by atoms with van der Waals surface area (Å²) in [7, 11) is 0. The molecule has 3 aromatic rings. The van der Waals surface area contributed by atoms with Crippen LogP contribution in [-0.4, -0.2) is 40.8 Å². The number of amides is 3. The zero-order chi connectivity index (χ0) is 27.9. The van der Waals surface area contributed by atoms with E-state index in [4.69, 9.17) is 0 Å². The average molecular weight is 538 g/mol. The van der Waals surface area contributed by atoms with Gasteiger partial charge in [0.15, 0.2) is 0 Å². The molecule has 0 bridgehead atoms. The van der Waals surface area contributed by atoms with Crippen molar-refractivity contribution in [2.75, 3.05) is 16.5 Å². The summed E-state index contributed by atoms with van der Waals surface area (Å²) in [5, 5.41) is 13.1. The number of aromatic nitrogens is 1. The van der Waals surface area contributed by atoms with Crippen LogP contribution in [0.4, 0.5) is 20.2 Å². The minimum atomic E-state index is -1.10. The number of carboxylic acid groups (broad SMARTS) is 1. The minimum Gasteiger partial charge on any atom is -0.481 e. The van der Waals surface area contributed by atoms with Gasteiger partial charge in [-0.3, -0.25) is 24.2 Å². The number of nitrogens with zero attached hydrogens (tertiary/aromatic N) is 3. The van der Waals surface area contributed by atoms with Gasteiger partial charge in [-0.25, -0.2) is 19.2 Å². The van der Waals surface area contributed by atoms with Gasteiger partial charge in [-0.15, -0.1) is 0 Å². The second kappa shape index (κ2) is 12.2. The zero-order valence-electron chi connectivity index (χ0n) is 20.6. The third kappa shape index (κ3) is 6.79. The molecule has 2 heterocycles. The smallest absolute Gasteiger partial charge is 0.305 e. The van der Waals surface area contributed by atoms with Crippen molar-refractivity contribution >= 4 is 35.6 Å². The highest BCUT2D eigenvalue weighted by molar-refractivity contribution is 6.01. The Balaban J connectivity index is 1.44. The summed E-state index contributed by atoms with van der Waals surface area (Å²) in [6, 6.07) is 12.0. The minimum absolute atomic E-state index is 0.0518. The maximum Gasteiger partial charge on any atom is 0.305 e. The molecule has 3 N–H and O–H groups in total. The summed E-state index contributed by atoms with van der Waals surface area (Å²) in [5.74, 6) is -4.08. The number of hydrogen-bond donors (Lipinski definition) is 3. The first kappa shape index (κ1) is 27.3. The summed E-state index contributed by atoms with van der Waals surface area (Å²) in [6.07, 6.45) is 3.06. The van der Waals surface area contributed by atoms with E-state index in [1.54, 1.807) is 36.4 Å². The molecule has 0 saturated carbocycles. The normalized spacial score (nSPS) is 15.6. The van der Waals surface area contributed by atoms with Crippen molar-refractivity contribution in [3.8, 4) is 0 Å². The van der Waals surface area contributed by atoms with Crippen molar-refractivity contribution in [3.63, 3.8) is 0 Å². The Morgan fingerprint density at radius 3 is 2.69 bits per heavy atom. The van der Waals surface area contributed by atoms with Crippen LogP contribution < -0.4 is 20.7 Å². The van der Waals surface area contributed by atoms with E-state index in [1.165, 1.54) is 23.4 Å². The second-order valence-corrected chi connectivity index (χ2v) is 8.92. The van der Waals surface area contributed by atoms with Crippen LogP contribution in [0.25, 0.3) is 0 Å². The van der Waals surface area contributed by atoms with Crippen LogP contribution in [0.15, 0.2) is 67.0 Å². The molecule has 0 spiro atoms. The number of benzene rings is 2. The molecule has 4 rings (SSSR count). The number of halogens is 2. The summed E-state index contributed by atoms with van der Waals surface area (Å²) in [6.45, 7) is -0.0509. The Bertz CT molecular complexity index is 1370. The molecule has 3 amide bonds. The van der Waals surface area contributed by atoms with Gasteiger partial charge in [-0.05, 0) is 35.9 Å². The van der Waals surface area contributed by atoms with Crippen LogP contribution in [0, 0.1) is 17.6 Å². The number of carboxylic acids is 1. The monoisotopic (exact) mass is 537 g/mol. The first-order valence-corrected chi connectivity index (χ1v) is 12.0. The number of pyridine rings is 1. The standard InChI is InChI=1S/C27H25F2N5O5/c28-20-7-6-17(23(29)10-20)14-31-34(16-35)22-5-1-4-21(11-22)33-15-19(9-25(33)36)27(39)32-24(12-26(37)38)18-3-2-8-30-13-18/h1-8,10-11,13,16,19,24,31H,9,12,14-15H2,(H,32,39)(H,37,38). The van der Waals surface area contributed by atoms with Crippen molar-refractivity contribution < 1.29 is 33.1 Å². The molecule has 10 nitrogen and oxygen atoms in total. The fourth-order valence-corrected chi connectivity index (χ4v) is 4.27. The van der Waals surface area contributed by atoms with E-state index in [1.807, 2.05) is 0 Å². The quantitative estimate of drug-likeness (QED) is 0.253. The lowest BCUT2D eigenvalue weighted by Gasteiger charge is -2.23. The van der Waals surface area contributed by atoms with Gasteiger partial charge < -0.3 is 15.3 Å². The SMILES string of the molecule is O=CN(NCc1ccc(F)cc1F)c1cccc(N2CC(C(=O)NC(CC(=O)O)c3cccnc3)CC2=O)c1. The zero-order valence-corrected chi connectivity index (χ0v) is 20.6. The number of anilines is 2. The molecule has 1 aliphatic rings. The predicted molar refractivity (Wildman–Crippen MR) is 136 cm³/mol. The Morgan fingerprint density at radius 1 is 1.18 bits per heavy atom. The summed E-state index contributed by atoms with van der Waals surface area (Å²) < 4.78 is 27.1. The van der Waals surface area contributed by atoms with Crippen LogP contribution in [-0.2, 0) is 25.7 Å². The highest BCUT2D eigenvalue weighted by Gasteiger charge is 2.36. The highest BCUT2D eigenvalue weighted by atomic mass is 19.1. The molecule has 0 aliphatic carbocycles. The molecular weight excluding hydrogens is 512 g/mol. The average Bonchev–Trinajstić information content (AvgIpc) is 3.32. The summed E-state index contributed by atoms with van der Waals surface area (Å²) >= 11 is 0. The first-order chi connectivity index (χ1) is 18.7. The number of hydrogen-bond acceptors (Lipinski definition) is 6. The van der Waals surface area contributed by atoms with E-state index in [2.05, 4.69) is 15.7 Å². The van der Waals surface area contributed by atoms with Gasteiger partial charge in [0.25, 0.3) is 0 Å². The van der Waals surface area contributed by atoms with E-state index < -0.39 is 35.5 Å². The number of nitrogens with one attached hydrogen (secondary N) is 2. The molecular formula is C27H25F2N5O5. The molecule has 39 heavy (non-hydrogen) atoms. The largest absolute Gasteiger partial charge is 0.481 e. The topological polar surface area (TPSA) is 132 Å². The number of carbonyl (C=O) groups excluding carboxylic acids is 3. The molecule has 1 fully saturated rings. The van der Waals surface area contributed by atoms with E-state index in [9.17, 15) is 33.1 Å². The lowest BCUT2D eigenvalue weighted by atomic mass is 10.0. The van der Waals surface area contributed by atoms with Gasteiger partial charge in [0.1, 0.15) is 11.6 Å². The van der Waals surface area contributed by atoms with E-state index in [0.29, 0.717) is 23.3 Å². The summed E-state index contributed by atoms with van der Waals surface area (Å²) in [4.78, 5) is 54.3. The van der Waals surface area contributed by atoms with E-state index >= 15 is 0 Å². The fourth-order valence-electron chi connectivity index (χ4n) is 4.27. The highest BCUT2D eigenvalue weighted by Crippen LogP contribution is 2.29. The van der Waals surface area contributed by atoms with Crippen molar-refractivity contribution in [2.24, 2.45) is 5.92 Å². The Morgan fingerprint density at radius 2 is 2.00 bits per heavy atom. The molecule has 2 atom stereocenters. The number of carbonyl (C=O) groups is 4.